The average molecular weight is 482 g/mol. The number of fused-ring (bicyclic) bond motifs is 1. The molecule has 5 aromatic rings. The third-order valence-electron chi connectivity index (χ3n) is 5.72. The summed E-state index contributed by atoms with van der Waals surface area (Å²) in [6, 6.07) is 26.8. The number of carbonyl (C=O) groups excluding carboxylic acids is 1. The minimum absolute atomic E-state index is 0.261. The number of pyridine rings is 1. The predicted octanol–water partition coefficient (Wildman–Crippen LogP) is 6.48. The van der Waals surface area contributed by atoms with Crippen LogP contribution in [0.1, 0.15) is 9.67 Å². The number of nitrogens with zero attached hydrogens (tertiary/aromatic N) is 1. The summed E-state index contributed by atoms with van der Waals surface area (Å²) in [4.78, 5) is 19.1. The Morgan fingerprint density at radius 3 is 2.06 bits per heavy atom. The number of para-hydroxylation sites is 1. The van der Waals surface area contributed by atoms with Crippen LogP contribution in [-0.4, -0.2) is 25.1 Å². The van der Waals surface area contributed by atoms with Gasteiger partial charge in [-0.1, -0.05) is 30.3 Å². The van der Waals surface area contributed by atoms with Crippen LogP contribution in [0.3, 0.4) is 0 Å². The molecule has 0 unspecified atom stereocenters. The van der Waals surface area contributed by atoms with Gasteiger partial charge in [0.25, 0.3) is 5.91 Å². The second-order valence-electron chi connectivity index (χ2n) is 7.86. The quantitative estimate of drug-likeness (QED) is 0.290. The Balaban J connectivity index is 1.66. The van der Waals surface area contributed by atoms with Crippen molar-refractivity contribution in [3.63, 3.8) is 0 Å². The maximum absolute atomic E-state index is 13.1. The first-order valence-corrected chi connectivity index (χ1v) is 11.8. The molecule has 2 aromatic heterocycles. The molecule has 3 aromatic carbocycles. The number of carbonyl (C=O) groups is 1. The summed E-state index contributed by atoms with van der Waals surface area (Å²) < 4.78 is 10.6. The van der Waals surface area contributed by atoms with Gasteiger partial charge in [0.2, 0.25) is 0 Å². The van der Waals surface area contributed by atoms with E-state index in [2.05, 4.69) is 5.32 Å². The number of benzene rings is 3. The molecule has 3 N–H and O–H groups in total. The molecule has 1 amide bonds. The number of thiophene rings is 1. The molecule has 7 heteroatoms. The van der Waals surface area contributed by atoms with Gasteiger partial charge in [0, 0.05) is 16.6 Å². The van der Waals surface area contributed by atoms with Gasteiger partial charge in [-0.05, 0) is 65.7 Å². The van der Waals surface area contributed by atoms with Gasteiger partial charge in [-0.15, -0.1) is 11.3 Å². The van der Waals surface area contributed by atoms with Crippen LogP contribution in [0, 0.1) is 0 Å². The van der Waals surface area contributed by atoms with E-state index >= 15 is 0 Å². The van der Waals surface area contributed by atoms with E-state index in [4.69, 9.17) is 20.2 Å². The normalized spacial score (nSPS) is 10.8. The van der Waals surface area contributed by atoms with E-state index in [1.165, 1.54) is 11.3 Å². The Labute approximate surface area is 207 Å². The zero-order valence-electron chi connectivity index (χ0n) is 19.2. The number of amides is 1. The van der Waals surface area contributed by atoms with E-state index in [9.17, 15) is 4.79 Å². The maximum atomic E-state index is 13.1. The number of nitrogens with two attached hydrogens (primary N) is 1. The largest absolute Gasteiger partial charge is 0.497 e. The third-order valence-corrected chi connectivity index (χ3v) is 6.82. The molecule has 35 heavy (non-hydrogen) atoms. The molecule has 0 radical (unpaired) electrons. The number of ether oxygens (including phenoxy) is 2. The first-order chi connectivity index (χ1) is 17.1. The van der Waals surface area contributed by atoms with Crippen molar-refractivity contribution in [1.29, 1.82) is 0 Å². The van der Waals surface area contributed by atoms with Crippen molar-refractivity contribution in [1.82, 2.24) is 4.98 Å². The van der Waals surface area contributed by atoms with Gasteiger partial charge in [0.1, 0.15) is 21.2 Å². The molecule has 5 rings (SSSR count). The summed E-state index contributed by atoms with van der Waals surface area (Å²) in [6.45, 7) is 0. The molecule has 0 aliphatic rings. The highest BCUT2D eigenvalue weighted by molar-refractivity contribution is 7.21. The number of anilines is 2. The molecule has 6 nitrogen and oxygen atoms in total. The van der Waals surface area contributed by atoms with Gasteiger partial charge >= 0.3 is 0 Å². The summed E-state index contributed by atoms with van der Waals surface area (Å²) in [5.41, 5.74) is 11.3. The van der Waals surface area contributed by atoms with Gasteiger partial charge in [0.15, 0.2) is 0 Å². The summed E-state index contributed by atoms with van der Waals surface area (Å²) in [7, 11) is 3.27. The van der Waals surface area contributed by atoms with E-state index in [1.54, 1.807) is 14.2 Å². The number of nitrogen functional groups attached to an aromatic ring is 1. The average Bonchev–Trinajstić information content (AvgIpc) is 3.25. The number of hydrogen-bond donors (Lipinski definition) is 2. The molecule has 0 atom stereocenters. The van der Waals surface area contributed by atoms with Crippen LogP contribution >= 0.6 is 11.3 Å². The van der Waals surface area contributed by atoms with Crippen molar-refractivity contribution in [2.75, 3.05) is 25.3 Å². The number of nitrogens with one attached hydrogen (secondary N) is 1. The topological polar surface area (TPSA) is 86.5 Å². The lowest BCUT2D eigenvalue weighted by Crippen LogP contribution is -2.11. The molecule has 0 aliphatic heterocycles. The fourth-order valence-corrected chi connectivity index (χ4v) is 4.92. The lowest BCUT2D eigenvalue weighted by atomic mass is 9.99. The highest BCUT2D eigenvalue weighted by atomic mass is 32.1. The monoisotopic (exact) mass is 481 g/mol. The van der Waals surface area contributed by atoms with Crippen molar-refractivity contribution in [3.8, 4) is 33.9 Å². The number of methoxy groups -OCH3 is 2. The Bertz CT molecular complexity index is 1500. The Morgan fingerprint density at radius 2 is 1.46 bits per heavy atom. The van der Waals surface area contributed by atoms with Crippen molar-refractivity contribution < 1.29 is 14.3 Å². The van der Waals surface area contributed by atoms with Crippen molar-refractivity contribution >= 4 is 38.8 Å². The zero-order valence-corrected chi connectivity index (χ0v) is 20.1. The van der Waals surface area contributed by atoms with Crippen LogP contribution in [-0.2, 0) is 0 Å². The SMILES string of the molecule is COc1ccc(-c2cc(-c3ccc(OC)cc3)c3c(N)c(C(=O)Nc4ccccc4)sc3n2)cc1. The highest BCUT2D eigenvalue weighted by Gasteiger charge is 2.22. The fourth-order valence-electron chi connectivity index (χ4n) is 3.91. The minimum atomic E-state index is -0.261. The number of rotatable bonds is 6. The summed E-state index contributed by atoms with van der Waals surface area (Å²) >= 11 is 1.29. The summed E-state index contributed by atoms with van der Waals surface area (Å²) in [5.74, 6) is 1.27. The smallest absolute Gasteiger partial charge is 0.267 e. The van der Waals surface area contributed by atoms with E-state index < -0.39 is 0 Å². The first kappa shape index (κ1) is 22.4. The second-order valence-corrected chi connectivity index (χ2v) is 8.86. The summed E-state index contributed by atoms with van der Waals surface area (Å²) in [6.07, 6.45) is 0. The molecule has 0 aliphatic carbocycles. The third kappa shape index (κ3) is 4.41. The van der Waals surface area contributed by atoms with E-state index in [0.717, 1.165) is 39.3 Å². The van der Waals surface area contributed by atoms with Crippen LogP contribution in [0.4, 0.5) is 11.4 Å². The van der Waals surface area contributed by atoms with Crippen molar-refractivity contribution in [2.24, 2.45) is 0 Å². The van der Waals surface area contributed by atoms with Crippen molar-refractivity contribution in [3.05, 3.63) is 89.8 Å². The highest BCUT2D eigenvalue weighted by Crippen LogP contribution is 2.42. The Hall–Kier alpha value is -4.36. The van der Waals surface area contributed by atoms with Crippen LogP contribution in [0.2, 0.25) is 0 Å². The van der Waals surface area contributed by atoms with Gasteiger partial charge in [0.05, 0.1) is 25.6 Å². The van der Waals surface area contributed by atoms with Crippen LogP contribution in [0.5, 0.6) is 11.5 Å². The number of aromatic nitrogens is 1. The molecule has 0 spiro atoms. The minimum Gasteiger partial charge on any atom is -0.497 e. The maximum Gasteiger partial charge on any atom is 0.267 e. The fraction of sp³-hybridized carbons (Fsp3) is 0.0714. The van der Waals surface area contributed by atoms with Gasteiger partial charge in [-0.3, -0.25) is 4.79 Å². The van der Waals surface area contributed by atoms with E-state index in [1.807, 2.05) is 84.9 Å². The molecule has 0 saturated carbocycles. The van der Waals surface area contributed by atoms with E-state index in [-0.39, 0.29) is 5.91 Å². The van der Waals surface area contributed by atoms with Crippen molar-refractivity contribution in [2.45, 2.75) is 0 Å². The summed E-state index contributed by atoms with van der Waals surface area (Å²) in [5, 5.41) is 3.69. The molecule has 0 fully saturated rings. The van der Waals surface area contributed by atoms with Gasteiger partial charge in [-0.25, -0.2) is 4.98 Å². The van der Waals surface area contributed by atoms with Gasteiger partial charge < -0.3 is 20.5 Å². The Kier molecular flexibility index (Phi) is 6.08. The first-order valence-electron chi connectivity index (χ1n) is 11.0. The predicted molar refractivity (Wildman–Crippen MR) is 142 cm³/mol. The lowest BCUT2D eigenvalue weighted by Gasteiger charge is -2.10. The molecule has 0 bridgehead atoms. The van der Waals surface area contributed by atoms with Crippen LogP contribution in [0.25, 0.3) is 32.6 Å². The second kappa shape index (κ2) is 9.48. The molecular weight excluding hydrogens is 458 g/mol. The lowest BCUT2D eigenvalue weighted by molar-refractivity contribution is 0.103. The molecule has 174 valence electrons. The van der Waals surface area contributed by atoms with Crippen LogP contribution in [0.15, 0.2) is 84.9 Å². The molecule has 0 saturated heterocycles. The standard InChI is InChI=1S/C28H23N3O3S/c1-33-20-12-8-17(9-13-20)22-16-23(18-10-14-21(34-2)15-11-18)31-28-24(22)25(29)26(35-28)27(32)30-19-6-4-3-5-7-19/h3-16H,29H2,1-2H3,(H,30,32). The number of hydrogen-bond acceptors (Lipinski definition) is 6. The Morgan fingerprint density at radius 1 is 0.857 bits per heavy atom. The molecule has 2 heterocycles. The van der Waals surface area contributed by atoms with Gasteiger partial charge in [-0.2, -0.15) is 0 Å². The van der Waals surface area contributed by atoms with Crippen LogP contribution < -0.4 is 20.5 Å². The zero-order chi connectivity index (χ0) is 24.4. The molecular formula is C28H23N3O3S. The van der Waals surface area contributed by atoms with E-state index in [0.29, 0.717) is 21.1 Å².